The van der Waals surface area contributed by atoms with Gasteiger partial charge in [0, 0.05) is 28.7 Å². The van der Waals surface area contributed by atoms with E-state index in [1.54, 1.807) is 7.11 Å². The van der Waals surface area contributed by atoms with E-state index in [2.05, 4.69) is 30.1 Å². The molecule has 1 aromatic rings. The molecule has 2 heterocycles. The van der Waals surface area contributed by atoms with Crippen LogP contribution in [-0.2, 0) is 0 Å². The number of nitrogens with zero attached hydrogens (tertiary/aromatic N) is 1. The van der Waals surface area contributed by atoms with Crippen LogP contribution in [-0.4, -0.2) is 37.9 Å². The van der Waals surface area contributed by atoms with Gasteiger partial charge in [0.1, 0.15) is 5.75 Å². The second-order valence-electron chi connectivity index (χ2n) is 5.10. The van der Waals surface area contributed by atoms with Crippen LogP contribution in [0.5, 0.6) is 5.75 Å². The zero-order valence-corrected chi connectivity index (χ0v) is 11.3. The van der Waals surface area contributed by atoms with Crippen molar-refractivity contribution in [2.75, 3.05) is 33.0 Å². The van der Waals surface area contributed by atoms with Crippen molar-refractivity contribution < 1.29 is 4.74 Å². The molecule has 0 aliphatic carbocycles. The highest BCUT2D eigenvalue weighted by Crippen LogP contribution is 2.49. The number of hydrogen-bond acceptors (Lipinski definition) is 3. The van der Waals surface area contributed by atoms with Crippen molar-refractivity contribution in [1.82, 2.24) is 4.90 Å². The monoisotopic (exact) mass is 249 g/mol. The Morgan fingerprint density at radius 2 is 2.29 bits per heavy atom. The average Bonchev–Trinajstić information content (AvgIpc) is 2.94. The molecule has 3 heteroatoms. The summed E-state index contributed by atoms with van der Waals surface area (Å²) in [7, 11) is 4.02. The van der Waals surface area contributed by atoms with Crippen molar-refractivity contribution in [2.45, 2.75) is 17.2 Å². The Morgan fingerprint density at radius 1 is 1.41 bits per heavy atom. The summed E-state index contributed by atoms with van der Waals surface area (Å²) >= 11 is 2.00. The SMILES string of the molecule is COc1cccc2c1C(C1CCN(C)C1)CS2. The fraction of sp³-hybridized carbons (Fsp3) is 0.571. The molecule has 0 N–H and O–H groups in total. The summed E-state index contributed by atoms with van der Waals surface area (Å²) in [5, 5.41) is 0. The van der Waals surface area contributed by atoms with Crippen LogP contribution in [0.15, 0.2) is 23.1 Å². The topological polar surface area (TPSA) is 12.5 Å². The molecule has 0 saturated carbocycles. The van der Waals surface area contributed by atoms with Crippen molar-refractivity contribution in [2.24, 2.45) is 5.92 Å². The van der Waals surface area contributed by atoms with Crippen LogP contribution in [0, 0.1) is 5.92 Å². The summed E-state index contributed by atoms with van der Waals surface area (Å²) in [6.45, 7) is 2.49. The number of hydrogen-bond donors (Lipinski definition) is 0. The van der Waals surface area contributed by atoms with Gasteiger partial charge in [-0.3, -0.25) is 0 Å². The minimum atomic E-state index is 0.691. The van der Waals surface area contributed by atoms with Crippen molar-refractivity contribution in [1.29, 1.82) is 0 Å². The predicted molar refractivity (Wildman–Crippen MR) is 72.1 cm³/mol. The van der Waals surface area contributed by atoms with E-state index in [1.165, 1.54) is 35.7 Å². The minimum Gasteiger partial charge on any atom is -0.496 e. The summed E-state index contributed by atoms with van der Waals surface area (Å²) in [6.07, 6.45) is 1.33. The molecule has 3 rings (SSSR count). The molecule has 0 radical (unpaired) electrons. The molecule has 92 valence electrons. The molecule has 2 nitrogen and oxygen atoms in total. The molecule has 2 aliphatic heterocycles. The second-order valence-corrected chi connectivity index (χ2v) is 6.16. The van der Waals surface area contributed by atoms with Gasteiger partial charge in [0.05, 0.1) is 7.11 Å². The highest BCUT2D eigenvalue weighted by Gasteiger charge is 2.35. The Bertz CT molecular complexity index is 421. The fourth-order valence-electron chi connectivity index (χ4n) is 3.13. The van der Waals surface area contributed by atoms with Gasteiger partial charge in [-0.05, 0) is 38.1 Å². The largest absolute Gasteiger partial charge is 0.496 e. The molecule has 2 unspecified atom stereocenters. The lowest BCUT2D eigenvalue weighted by atomic mass is 9.86. The molecule has 0 bridgehead atoms. The van der Waals surface area contributed by atoms with Crippen LogP contribution in [0.4, 0.5) is 0 Å². The van der Waals surface area contributed by atoms with Gasteiger partial charge >= 0.3 is 0 Å². The van der Waals surface area contributed by atoms with E-state index in [0.717, 1.165) is 11.7 Å². The summed E-state index contributed by atoms with van der Waals surface area (Å²) in [4.78, 5) is 3.88. The number of rotatable bonds is 2. The van der Waals surface area contributed by atoms with E-state index in [1.807, 2.05) is 11.8 Å². The van der Waals surface area contributed by atoms with Crippen LogP contribution >= 0.6 is 11.8 Å². The minimum absolute atomic E-state index is 0.691. The lowest BCUT2D eigenvalue weighted by molar-refractivity contribution is 0.367. The van der Waals surface area contributed by atoms with Gasteiger partial charge in [0.15, 0.2) is 0 Å². The first-order chi connectivity index (χ1) is 8.29. The van der Waals surface area contributed by atoms with E-state index in [0.29, 0.717) is 5.92 Å². The lowest BCUT2D eigenvalue weighted by Crippen LogP contribution is -2.18. The first kappa shape index (κ1) is 11.4. The third-order valence-corrected chi connectivity index (χ3v) is 5.22. The molecule has 1 saturated heterocycles. The van der Waals surface area contributed by atoms with E-state index < -0.39 is 0 Å². The predicted octanol–water partition coefficient (Wildman–Crippen LogP) is 2.84. The highest BCUT2D eigenvalue weighted by molar-refractivity contribution is 7.99. The normalized spacial score (nSPS) is 28.4. The quantitative estimate of drug-likeness (QED) is 0.799. The molecule has 2 aliphatic rings. The Kier molecular flexibility index (Phi) is 3.05. The molecule has 1 aromatic carbocycles. The molecule has 2 atom stereocenters. The van der Waals surface area contributed by atoms with E-state index >= 15 is 0 Å². The first-order valence-corrected chi connectivity index (χ1v) is 7.26. The Labute approximate surface area is 107 Å². The van der Waals surface area contributed by atoms with Crippen molar-refractivity contribution in [3.05, 3.63) is 23.8 Å². The fourth-order valence-corrected chi connectivity index (χ4v) is 4.51. The number of likely N-dealkylation sites (tertiary alicyclic amines) is 1. The smallest absolute Gasteiger partial charge is 0.123 e. The van der Waals surface area contributed by atoms with Crippen molar-refractivity contribution in [3.63, 3.8) is 0 Å². The van der Waals surface area contributed by atoms with E-state index in [9.17, 15) is 0 Å². The number of thioether (sulfide) groups is 1. The van der Waals surface area contributed by atoms with E-state index in [4.69, 9.17) is 4.74 Å². The summed E-state index contributed by atoms with van der Waals surface area (Å²) in [5.74, 6) is 3.82. The van der Waals surface area contributed by atoms with Crippen LogP contribution in [0.25, 0.3) is 0 Å². The summed E-state index contributed by atoms with van der Waals surface area (Å²) in [5.41, 5.74) is 1.47. The number of benzene rings is 1. The zero-order valence-electron chi connectivity index (χ0n) is 10.5. The van der Waals surface area contributed by atoms with Crippen molar-refractivity contribution in [3.8, 4) is 5.75 Å². The summed E-state index contributed by atoms with van der Waals surface area (Å²) < 4.78 is 5.55. The molecular weight excluding hydrogens is 230 g/mol. The van der Waals surface area contributed by atoms with Gasteiger partial charge in [0.2, 0.25) is 0 Å². The zero-order chi connectivity index (χ0) is 11.8. The van der Waals surface area contributed by atoms with Crippen LogP contribution in [0.1, 0.15) is 17.9 Å². The third-order valence-electron chi connectivity index (χ3n) is 4.03. The Morgan fingerprint density at radius 3 is 3.00 bits per heavy atom. The molecule has 0 spiro atoms. The molecule has 1 fully saturated rings. The Balaban J connectivity index is 1.92. The van der Waals surface area contributed by atoms with E-state index in [-0.39, 0.29) is 0 Å². The Hall–Kier alpha value is -0.670. The van der Waals surface area contributed by atoms with Crippen LogP contribution in [0.2, 0.25) is 0 Å². The van der Waals surface area contributed by atoms with Gasteiger partial charge < -0.3 is 9.64 Å². The van der Waals surface area contributed by atoms with Gasteiger partial charge in [-0.2, -0.15) is 0 Å². The highest BCUT2D eigenvalue weighted by atomic mass is 32.2. The van der Waals surface area contributed by atoms with Crippen LogP contribution in [0.3, 0.4) is 0 Å². The number of fused-ring (bicyclic) bond motifs is 1. The molecule has 0 amide bonds. The van der Waals surface area contributed by atoms with Gasteiger partial charge in [-0.15, -0.1) is 11.8 Å². The molecular formula is C14H19NOS. The summed E-state index contributed by atoms with van der Waals surface area (Å²) in [6, 6.07) is 6.45. The van der Waals surface area contributed by atoms with Gasteiger partial charge in [-0.1, -0.05) is 6.07 Å². The van der Waals surface area contributed by atoms with Gasteiger partial charge in [-0.25, -0.2) is 0 Å². The van der Waals surface area contributed by atoms with Gasteiger partial charge in [0.25, 0.3) is 0 Å². The standard InChI is InChI=1S/C14H19NOS/c1-15-7-6-10(8-15)11-9-17-13-5-3-4-12(16-2)14(11)13/h3-5,10-11H,6-9H2,1-2H3. The average molecular weight is 249 g/mol. The molecule has 0 aromatic heterocycles. The van der Waals surface area contributed by atoms with Crippen molar-refractivity contribution >= 4 is 11.8 Å². The second kappa shape index (κ2) is 4.54. The lowest BCUT2D eigenvalue weighted by Gasteiger charge is -2.20. The number of methoxy groups -OCH3 is 1. The molecule has 17 heavy (non-hydrogen) atoms. The van der Waals surface area contributed by atoms with Crippen LogP contribution < -0.4 is 4.74 Å². The maximum atomic E-state index is 5.55. The maximum Gasteiger partial charge on any atom is 0.123 e. The maximum absolute atomic E-state index is 5.55. The third kappa shape index (κ3) is 1.95. The number of ether oxygens (including phenoxy) is 1. The first-order valence-electron chi connectivity index (χ1n) is 6.28.